The van der Waals surface area contributed by atoms with Crippen LogP contribution in [0, 0.1) is 5.41 Å². The molecule has 0 bridgehead atoms. The Kier molecular flexibility index (Phi) is 4.32. The van der Waals surface area contributed by atoms with Crippen LogP contribution in [0.15, 0.2) is 0 Å². The predicted molar refractivity (Wildman–Crippen MR) is 64.3 cm³/mol. The van der Waals surface area contributed by atoms with Crippen molar-refractivity contribution < 1.29 is 9.32 Å². The molecule has 0 aliphatic heterocycles. The van der Waals surface area contributed by atoms with Crippen LogP contribution >= 0.6 is 0 Å². The lowest BCUT2D eigenvalue weighted by molar-refractivity contribution is -0.0753. The molecular weight excluding hydrogens is 210 g/mol. The molecule has 1 aliphatic rings. The SMILES string of the molecule is CC(CCS(C)=O)NC1CC(O)C1(C)C. The van der Waals surface area contributed by atoms with Gasteiger partial charge in [0.05, 0.1) is 6.10 Å². The molecule has 4 unspecified atom stereocenters. The lowest BCUT2D eigenvalue weighted by atomic mass is 9.64. The van der Waals surface area contributed by atoms with Crippen LogP contribution < -0.4 is 5.32 Å². The monoisotopic (exact) mass is 233 g/mol. The van der Waals surface area contributed by atoms with Crippen molar-refractivity contribution in [2.45, 2.75) is 51.8 Å². The molecule has 0 saturated heterocycles. The zero-order valence-corrected chi connectivity index (χ0v) is 10.9. The molecule has 0 aromatic carbocycles. The molecule has 15 heavy (non-hydrogen) atoms. The largest absolute Gasteiger partial charge is 0.392 e. The average Bonchev–Trinajstić information content (AvgIpc) is 2.14. The Bertz CT molecular complexity index is 243. The van der Waals surface area contributed by atoms with Crippen molar-refractivity contribution in [2.75, 3.05) is 12.0 Å². The van der Waals surface area contributed by atoms with E-state index in [1.54, 1.807) is 6.26 Å². The number of hydrogen-bond donors (Lipinski definition) is 2. The third-order valence-corrected chi connectivity index (χ3v) is 4.35. The van der Waals surface area contributed by atoms with E-state index in [0.717, 1.165) is 18.6 Å². The van der Waals surface area contributed by atoms with Crippen LogP contribution in [0.1, 0.15) is 33.6 Å². The van der Waals surface area contributed by atoms with Crippen molar-refractivity contribution in [3.8, 4) is 0 Å². The maximum absolute atomic E-state index is 10.9. The summed E-state index contributed by atoms with van der Waals surface area (Å²) >= 11 is 0. The Morgan fingerprint density at radius 1 is 1.60 bits per heavy atom. The first-order valence-corrected chi connectivity index (χ1v) is 7.31. The van der Waals surface area contributed by atoms with E-state index in [2.05, 4.69) is 26.1 Å². The van der Waals surface area contributed by atoms with Gasteiger partial charge in [-0.25, -0.2) is 0 Å². The second-order valence-corrected chi connectivity index (χ2v) is 6.81. The first-order valence-electron chi connectivity index (χ1n) is 5.58. The van der Waals surface area contributed by atoms with Gasteiger partial charge in [0.1, 0.15) is 0 Å². The summed E-state index contributed by atoms with van der Waals surface area (Å²) in [6.45, 7) is 6.29. The molecule has 0 aromatic rings. The third-order valence-electron chi connectivity index (χ3n) is 3.54. The Morgan fingerprint density at radius 2 is 2.20 bits per heavy atom. The normalized spacial score (nSPS) is 33.1. The molecular formula is C11H23NO2S. The molecule has 0 aromatic heterocycles. The minimum Gasteiger partial charge on any atom is -0.392 e. The van der Waals surface area contributed by atoms with Gasteiger partial charge in [0.2, 0.25) is 0 Å². The molecule has 3 nitrogen and oxygen atoms in total. The van der Waals surface area contributed by atoms with Gasteiger partial charge in [-0.2, -0.15) is 0 Å². The summed E-state index contributed by atoms with van der Waals surface area (Å²) < 4.78 is 10.9. The van der Waals surface area contributed by atoms with Gasteiger partial charge >= 0.3 is 0 Å². The average molecular weight is 233 g/mol. The van der Waals surface area contributed by atoms with Crippen molar-refractivity contribution in [3.05, 3.63) is 0 Å². The van der Waals surface area contributed by atoms with Crippen molar-refractivity contribution in [1.29, 1.82) is 0 Å². The zero-order valence-electron chi connectivity index (χ0n) is 10.1. The standard InChI is InChI=1S/C11H23NO2S/c1-8(5-6-15(4)14)12-9-7-10(13)11(9,2)3/h8-10,12-13H,5-7H2,1-4H3. The molecule has 0 amide bonds. The highest BCUT2D eigenvalue weighted by atomic mass is 32.2. The van der Waals surface area contributed by atoms with Crippen molar-refractivity contribution >= 4 is 10.8 Å². The summed E-state index contributed by atoms with van der Waals surface area (Å²) in [5.41, 5.74) is -0.0143. The van der Waals surface area contributed by atoms with Crippen molar-refractivity contribution in [3.63, 3.8) is 0 Å². The summed E-state index contributed by atoms with van der Waals surface area (Å²) in [6, 6.07) is 0.776. The van der Waals surface area contributed by atoms with E-state index in [1.807, 2.05) is 0 Å². The number of nitrogens with one attached hydrogen (secondary N) is 1. The number of rotatable bonds is 5. The van der Waals surface area contributed by atoms with Gasteiger partial charge in [-0.15, -0.1) is 0 Å². The van der Waals surface area contributed by atoms with Gasteiger partial charge < -0.3 is 10.4 Å². The zero-order chi connectivity index (χ0) is 11.6. The van der Waals surface area contributed by atoms with Crippen molar-refractivity contribution in [1.82, 2.24) is 5.32 Å². The first-order chi connectivity index (χ1) is 6.84. The topological polar surface area (TPSA) is 49.3 Å². The third kappa shape index (κ3) is 3.26. The Hall–Kier alpha value is 0.0700. The van der Waals surface area contributed by atoms with Crippen LogP contribution in [0.5, 0.6) is 0 Å². The van der Waals surface area contributed by atoms with Gasteiger partial charge in [0.25, 0.3) is 0 Å². The van der Waals surface area contributed by atoms with E-state index in [9.17, 15) is 9.32 Å². The van der Waals surface area contributed by atoms with Gasteiger partial charge in [0, 0.05) is 40.3 Å². The van der Waals surface area contributed by atoms with E-state index < -0.39 is 10.8 Å². The molecule has 1 fully saturated rings. The highest BCUT2D eigenvalue weighted by Gasteiger charge is 2.47. The van der Waals surface area contributed by atoms with Crippen LogP contribution in [-0.4, -0.2) is 39.5 Å². The van der Waals surface area contributed by atoms with E-state index in [-0.39, 0.29) is 11.5 Å². The maximum atomic E-state index is 10.9. The fourth-order valence-corrected chi connectivity index (χ4v) is 2.64. The van der Waals surface area contributed by atoms with Crippen LogP contribution in [0.2, 0.25) is 0 Å². The van der Waals surface area contributed by atoms with Gasteiger partial charge in [-0.3, -0.25) is 4.21 Å². The Morgan fingerprint density at radius 3 is 2.60 bits per heavy atom. The summed E-state index contributed by atoms with van der Waals surface area (Å²) in [5, 5.41) is 13.1. The molecule has 4 atom stereocenters. The molecule has 1 rings (SSSR count). The summed E-state index contributed by atoms with van der Waals surface area (Å²) in [7, 11) is -0.700. The molecule has 0 radical (unpaired) electrons. The Balaban J connectivity index is 2.27. The Labute approximate surface area is 95.1 Å². The predicted octanol–water partition coefficient (Wildman–Crippen LogP) is 0.892. The van der Waals surface area contributed by atoms with Gasteiger partial charge in [0.15, 0.2) is 0 Å². The minimum atomic E-state index is -0.700. The highest BCUT2D eigenvalue weighted by Crippen LogP contribution is 2.40. The fraction of sp³-hybridized carbons (Fsp3) is 1.00. The van der Waals surface area contributed by atoms with E-state index >= 15 is 0 Å². The molecule has 0 heterocycles. The van der Waals surface area contributed by atoms with Crippen molar-refractivity contribution in [2.24, 2.45) is 5.41 Å². The molecule has 1 aliphatic carbocycles. The van der Waals surface area contributed by atoms with Gasteiger partial charge in [-0.05, 0) is 19.8 Å². The number of aliphatic hydroxyl groups excluding tert-OH is 1. The van der Waals surface area contributed by atoms with E-state index in [1.165, 1.54) is 0 Å². The molecule has 2 N–H and O–H groups in total. The highest BCUT2D eigenvalue weighted by molar-refractivity contribution is 7.84. The van der Waals surface area contributed by atoms with E-state index in [4.69, 9.17) is 0 Å². The lowest BCUT2D eigenvalue weighted by Gasteiger charge is -2.50. The smallest absolute Gasteiger partial charge is 0.0621 e. The van der Waals surface area contributed by atoms with Crippen LogP contribution in [0.4, 0.5) is 0 Å². The summed E-state index contributed by atoms with van der Waals surface area (Å²) in [6.07, 6.45) is 3.34. The molecule has 4 heteroatoms. The first kappa shape index (κ1) is 13.1. The van der Waals surface area contributed by atoms with Crippen LogP contribution in [-0.2, 0) is 10.8 Å². The lowest BCUT2D eigenvalue weighted by Crippen LogP contribution is -2.61. The molecule has 1 saturated carbocycles. The van der Waals surface area contributed by atoms with Gasteiger partial charge in [-0.1, -0.05) is 13.8 Å². The molecule has 0 spiro atoms. The number of aliphatic hydroxyl groups is 1. The quantitative estimate of drug-likeness (QED) is 0.741. The maximum Gasteiger partial charge on any atom is 0.0621 e. The second kappa shape index (κ2) is 4.93. The second-order valence-electron chi connectivity index (χ2n) is 5.26. The number of hydrogen-bond acceptors (Lipinski definition) is 3. The van der Waals surface area contributed by atoms with E-state index in [0.29, 0.717) is 12.1 Å². The summed E-state index contributed by atoms with van der Waals surface area (Å²) in [5.74, 6) is 0.754. The van der Waals surface area contributed by atoms with Crippen LogP contribution in [0.3, 0.4) is 0 Å². The fourth-order valence-electron chi connectivity index (χ4n) is 1.95. The van der Waals surface area contributed by atoms with Crippen LogP contribution in [0.25, 0.3) is 0 Å². The minimum absolute atomic E-state index is 0.0143. The summed E-state index contributed by atoms with van der Waals surface area (Å²) in [4.78, 5) is 0. The molecule has 90 valence electrons.